The number of hydrogen-bond donors (Lipinski definition) is 0. The highest BCUT2D eigenvalue weighted by molar-refractivity contribution is 7.11. The predicted octanol–water partition coefficient (Wildman–Crippen LogP) is 2.61. The highest BCUT2D eigenvalue weighted by Gasteiger charge is 2.21. The van der Waals surface area contributed by atoms with E-state index in [2.05, 4.69) is 4.98 Å². The van der Waals surface area contributed by atoms with Gasteiger partial charge in [0.05, 0.1) is 6.42 Å². The molecular formula is C10H15NOS. The van der Waals surface area contributed by atoms with Crippen LogP contribution >= 0.6 is 11.3 Å². The summed E-state index contributed by atoms with van der Waals surface area (Å²) < 4.78 is 0. The second kappa shape index (κ2) is 3.58. The van der Waals surface area contributed by atoms with Crippen LogP contribution in [-0.2, 0) is 11.2 Å². The minimum absolute atomic E-state index is 0.250. The number of ketones is 1. The molecule has 0 aliphatic rings. The Morgan fingerprint density at radius 2 is 2.15 bits per heavy atom. The number of Topliss-reactive ketones (excluding diaryl/α,β-unsaturated/α-hetero) is 1. The van der Waals surface area contributed by atoms with Crippen molar-refractivity contribution in [3.05, 3.63) is 16.1 Å². The van der Waals surface area contributed by atoms with Gasteiger partial charge in [-0.2, -0.15) is 0 Å². The summed E-state index contributed by atoms with van der Waals surface area (Å²) in [5.74, 6) is 0.252. The van der Waals surface area contributed by atoms with Crippen molar-refractivity contribution in [2.75, 3.05) is 0 Å². The van der Waals surface area contributed by atoms with Gasteiger partial charge in [-0.1, -0.05) is 20.8 Å². The summed E-state index contributed by atoms with van der Waals surface area (Å²) in [5.41, 5.74) is -0.250. The molecule has 0 fully saturated rings. The monoisotopic (exact) mass is 197 g/mol. The lowest BCUT2D eigenvalue weighted by molar-refractivity contribution is -0.125. The zero-order valence-corrected chi connectivity index (χ0v) is 9.36. The average molecular weight is 197 g/mol. The van der Waals surface area contributed by atoms with Crippen LogP contribution in [0.25, 0.3) is 0 Å². The van der Waals surface area contributed by atoms with Gasteiger partial charge >= 0.3 is 0 Å². The number of aromatic nitrogens is 1. The van der Waals surface area contributed by atoms with Crippen LogP contribution in [0, 0.1) is 12.3 Å². The summed E-state index contributed by atoms with van der Waals surface area (Å²) in [5, 5.41) is 0.928. The average Bonchev–Trinajstić information content (AvgIpc) is 2.33. The Morgan fingerprint density at radius 3 is 2.54 bits per heavy atom. The molecule has 2 nitrogen and oxygen atoms in total. The van der Waals surface area contributed by atoms with E-state index in [-0.39, 0.29) is 11.2 Å². The third-order valence-corrected chi connectivity index (χ3v) is 2.73. The number of carbonyl (C=O) groups is 1. The molecule has 0 aliphatic heterocycles. The minimum Gasteiger partial charge on any atom is -0.299 e. The van der Waals surface area contributed by atoms with Crippen molar-refractivity contribution in [3.8, 4) is 0 Å². The van der Waals surface area contributed by atoms with Crippen molar-refractivity contribution in [1.82, 2.24) is 4.98 Å². The van der Waals surface area contributed by atoms with Crippen molar-refractivity contribution in [2.24, 2.45) is 5.41 Å². The highest BCUT2D eigenvalue weighted by Crippen LogP contribution is 2.20. The Kier molecular flexibility index (Phi) is 2.86. The molecule has 3 heteroatoms. The Hall–Kier alpha value is -0.700. The van der Waals surface area contributed by atoms with Crippen molar-refractivity contribution in [2.45, 2.75) is 34.1 Å². The minimum atomic E-state index is -0.250. The molecule has 0 N–H and O–H groups in total. The second-order valence-corrected chi connectivity index (χ2v) is 5.53. The first-order valence-electron chi connectivity index (χ1n) is 4.34. The Morgan fingerprint density at radius 1 is 1.54 bits per heavy atom. The van der Waals surface area contributed by atoms with E-state index in [1.807, 2.05) is 33.9 Å². The molecule has 1 rings (SSSR count). The van der Waals surface area contributed by atoms with Gasteiger partial charge in [-0.15, -0.1) is 11.3 Å². The number of hydrogen-bond acceptors (Lipinski definition) is 3. The molecule has 1 heterocycles. The van der Waals surface area contributed by atoms with Crippen molar-refractivity contribution in [3.63, 3.8) is 0 Å². The van der Waals surface area contributed by atoms with E-state index in [0.717, 1.165) is 9.88 Å². The van der Waals surface area contributed by atoms with E-state index in [1.54, 1.807) is 11.3 Å². The maximum Gasteiger partial charge on any atom is 0.144 e. The van der Waals surface area contributed by atoms with E-state index in [9.17, 15) is 4.79 Å². The van der Waals surface area contributed by atoms with Crippen LogP contribution in [0.5, 0.6) is 0 Å². The standard InChI is InChI=1S/C10H15NOS/c1-7-6-11-9(13-7)5-8(12)10(2,3)4/h6H,5H2,1-4H3. The molecule has 0 saturated heterocycles. The molecule has 0 spiro atoms. The third kappa shape index (κ3) is 2.92. The van der Waals surface area contributed by atoms with Crippen LogP contribution in [0.2, 0.25) is 0 Å². The SMILES string of the molecule is Cc1cnc(CC(=O)C(C)(C)C)s1. The van der Waals surface area contributed by atoms with E-state index < -0.39 is 0 Å². The van der Waals surface area contributed by atoms with Gasteiger partial charge in [0.25, 0.3) is 0 Å². The zero-order valence-electron chi connectivity index (χ0n) is 8.55. The van der Waals surface area contributed by atoms with Gasteiger partial charge in [0, 0.05) is 16.5 Å². The molecule has 0 radical (unpaired) electrons. The molecule has 0 unspecified atom stereocenters. The molecule has 0 saturated carbocycles. The van der Waals surface area contributed by atoms with Gasteiger partial charge in [-0.3, -0.25) is 4.79 Å². The fourth-order valence-electron chi connectivity index (χ4n) is 0.886. The topological polar surface area (TPSA) is 30.0 Å². The maximum atomic E-state index is 11.6. The first-order valence-corrected chi connectivity index (χ1v) is 5.16. The summed E-state index contributed by atoms with van der Waals surface area (Å²) >= 11 is 1.60. The van der Waals surface area contributed by atoms with Crippen LogP contribution in [0.3, 0.4) is 0 Å². The molecule has 0 bridgehead atoms. The van der Waals surface area contributed by atoms with E-state index in [4.69, 9.17) is 0 Å². The summed E-state index contributed by atoms with van der Waals surface area (Å²) in [6.45, 7) is 7.82. The van der Waals surface area contributed by atoms with Crippen LogP contribution in [0.4, 0.5) is 0 Å². The first-order chi connectivity index (χ1) is 5.89. The molecule has 0 aliphatic carbocycles. The lowest BCUT2D eigenvalue weighted by atomic mass is 9.89. The van der Waals surface area contributed by atoms with Gasteiger partial charge in [-0.05, 0) is 6.92 Å². The highest BCUT2D eigenvalue weighted by atomic mass is 32.1. The second-order valence-electron chi connectivity index (χ2n) is 4.21. The molecule has 0 amide bonds. The summed E-state index contributed by atoms with van der Waals surface area (Å²) in [6, 6.07) is 0. The number of aryl methyl sites for hydroxylation is 1. The molecule has 0 atom stereocenters. The fraction of sp³-hybridized carbons (Fsp3) is 0.600. The maximum absolute atomic E-state index is 11.6. The molecule has 1 aromatic rings. The normalized spacial score (nSPS) is 11.7. The summed E-state index contributed by atoms with van der Waals surface area (Å²) in [6.07, 6.45) is 2.29. The van der Waals surface area contributed by atoms with Crippen LogP contribution in [0.15, 0.2) is 6.20 Å². The largest absolute Gasteiger partial charge is 0.299 e. The number of carbonyl (C=O) groups excluding carboxylic acids is 1. The molecule has 0 aromatic carbocycles. The van der Waals surface area contributed by atoms with Gasteiger partial charge in [0.1, 0.15) is 10.8 Å². The Bertz CT molecular complexity index is 309. The number of thiazole rings is 1. The van der Waals surface area contributed by atoms with E-state index in [1.165, 1.54) is 0 Å². The lowest BCUT2D eigenvalue weighted by Gasteiger charge is -2.14. The quantitative estimate of drug-likeness (QED) is 0.729. The van der Waals surface area contributed by atoms with Crippen LogP contribution < -0.4 is 0 Å². The number of nitrogens with zero attached hydrogens (tertiary/aromatic N) is 1. The van der Waals surface area contributed by atoms with E-state index in [0.29, 0.717) is 6.42 Å². The van der Waals surface area contributed by atoms with Gasteiger partial charge in [0.15, 0.2) is 0 Å². The molecule has 13 heavy (non-hydrogen) atoms. The first kappa shape index (κ1) is 10.4. The third-order valence-electron chi connectivity index (χ3n) is 1.82. The van der Waals surface area contributed by atoms with Crippen LogP contribution in [-0.4, -0.2) is 10.8 Å². The Balaban J connectivity index is 2.65. The molecule has 72 valence electrons. The van der Waals surface area contributed by atoms with Gasteiger partial charge < -0.3 is 0 Å². The number of rotatable bonds is 2. The van der Waals surface area contributed by atoms with Crippen molar-refractivity contribution >= 4 is 17.1 Å². The summed E-state index contributed by atoms with van der Waals surface area (Å²) in [4.78, 5) is 16.9. The lowest BCUT2D eigenvalue weighted by Crippen LogP contribution is -2.21. The van der Waals surface area contributed by atoms with Crippen LogP contribution in [0.1, 0.15) is 30.7 Å². The Labute approximate surface area is 83.0 Å². The molecule has 1 aromatic heterocycles. The van der Waals surface area contributed by atoms with Crippen molar-refractivity contribution in [1.29, 1.82) is 0 Å². The summed E-state index contributed by atoms with van der Waals surface area (Å²) in [7, 11) is 0. The van der Waals surface area contributed by atoms with Gasteiger partial charge in [-0.25, -0.2) is 4.98 Å². The van der Waals surface area contributed by atoms with Crippen molar-refractivity contribution < 1.29 is 4.79 Å². The van der Waals surface area contributed by atoms with E-state index >= 15 is 0 Å². The zero-order chi connectivity index (χ0) is 10.1. The smallest absolute Gasteiger partial charge is 0.144 e. The fourth-order valence-corrected chi connectivity index (χ4v) is 1.67. The molecular weight excluding hydrogens is 182 g/mol. The van der Waals surface area contributed by atoms with Gasteiger partial charge in [0.2, 0.25) is 0 Å². The predicted molar refractivity (Wildman–Crippen MR) is 55.0 cm³/mol.